The van der Waals surface area contributed by atoms with Crippen LogP contribution in [0.3, 0.4) is 0 Å². The Labute approximate surface area is 98.9 Å². The third kappa shape index (κ3) is 2.96. The van der Waals surface area contributed by atoms with Crippen molar-refractivity contribution in [3.05, 3.63) is 28.8 Å². The van der Waals surface area contributed by atoms with Crippen LogP contribution in [-0.4, -0.2) is 15.0 Å². The number of hydrogen-bond acceptors (Lipinski definition) is 4. The lowest BCUT2D eigenvalue weighted by atomic mass is 10.5. The molecule has 2 rings (SSSR count). The molecule has 2 aromatic heterocycles. The third-order valence-corrected chi connectivity index (χ3v) is 2.76. The van der Waals surface area contributed by atoms with Gasteiger partial charge in [-0.05, 0) is 6.92 Å². The molecule has 2 N–H and O–H groups in total. The van der Waals surface area contributed by atoms with Gasteiger partial charge in [0, 0.05) is 17.3 Å². The number of anilines is 1. The second-order valence-corrected chi connectivity index (χ2v) is 4.26. The number of hydrogen-bond donors (Lipinski definition) is 2. The molecule has 0 unspecified atom stereocenters. The number of imidazole rings is 1. The van der Waals surface area contributed by atoms with Crippen molar-refractivity contribution in [2.24, 2.45) is 0 Å². The van der Waals surface area contributed by atoms with Crippen LogP contribution >= 0.6 is 11.3 Å². The molecule has 0 saturated carbocycles. The van der Waals surface area contributed by atoms with Gasteiger partial charge < -0.3 is 10.3 Å². The molecule has 4 nitrogen and oxygen atoms in total. The van der Waals surface area contributed by atoms with Crippen LogP contribution in [0.25, 0.3) is 0 Å². The number of aromatic amines is 1. The van der Waals surface area contributed by atoms with E-state index in [2.05, 4.69) is 20.3 Å². The summed E-state index contributed by atoms with van der Waals surface area (Å²) in [5.74, 6) is 0.659. The molecule has 0 aliphatic carbocycles. The van der Waals surface area contributed by atoms with E-state index in [-0.39, 0.29) is 5.13 Å². The third-order valence-electron chi connectivity index (χ3n) is 1.96. The summed E-state index contributed by atoms with van der Waals surface area (Å²) in [4.78, 5) is 10.4. The summed E-state index contributed by atoms with van der Waals surface area (Å²) in [5.41, 5.74) is 0.0255. The molecule has 0 spiro atoms. The minimum atomic E-state index is -4.39. The molecule has 92 valence electrons. The number of alkyl halides is 3. The Kier molecular flexibility index (Phi) is 3.05. The maximum Gasteiger partial charge on any atom is 0.434 e. The van der Waals surface area contributed by atoms with Gasteiger partial charge in [0.05, 0.1) is 6.54 Å². The molecule has 0 bridgehead atoms. The normalized spacial score (nSPS) is 11.8. The Morgan fingerprint density at radius 1 is 1.47 bits per heavy atom. The Bertz CT molecular complexity index is 502. The van der Waals surface area contributed by atoms with E-state index in [0.29, 0.717) is 12.4 Å². The molecular formula is C9H9F3N4S. The minimum Gasteiger partial charge on any atom is -0.354 e. The van der Waals surface area contributed by atoms with Crippen LogP contribution in [-0.2, 0) is 12.7 Å². The van der Waals surface area contributed by atoms with Crippen molar-refractivity contribution in [3.63, 3.8) is 0 Å². The van der Waals surface area contributed by atoms with Gasteiger partial charge in [-0.1, -0.05) is 0 Å². The highest BCUT2D eigenvalue weighted by molar-refractivity contribution is 7.13. The first-order valence-corrected chi connectivity index (χ1v) is 5.60. The molecule has 0 fully saturated rings. The van der Waals surface area contributed by atoms with E-state index in [1.165, 1.54) is 0 Å². The number of rotatable bonds is 3. The van der Waals surface area contributed by atoms with E-state index in [1.54, 1.807) is 6.20 Å². The maximum absolute atomic E-state index is 12.3. The summed E-state index contributed by atoms with van der Waals surface area (Å²) < 4.78 is 36.8. The number of nitrogens with one attached hydrogen (secondary N) is 2. The monoisotopic (exact) mass is 262 g/mol. The summed E-state index contributed by atoms with van der Waals surface area (Å²) in [6, 6.07) is 0. The Hall–Kier alpha value is -1.57. The lowest BCUT2D eigenvalue weighted by molar-refractivity contribution is -0.140. The van der Waals surface area contributed by atoms with E-state index in [4.69, 9.17) is 0 Å². The molecule has 8 heteroatoms. The molecule has 0 aliphatic rings. The maximum atomic E-state index is 12.3. The quantitative estimate of drug-likeness (QED) is 0.894. The van der Waals surface area contributed by atoms with Gasteiger partial charge in [0.1, 0.15) is 5.82 Å². The fourth-order valence-electron chi connectivity index (χ4n) is 1.20. The minimum absolute atomic E-state index is 0.228. The van der Waals surface area contributed by atoms with Crippen molar-refractivity contribution in [3.8, 4) is 0 Å². The van der Waals surface area contributed by atoms with Gasteiger partial charge in [0.25, 0.3) is 0 Å². The predicted octanol–water partition coefficient (Wildman–Crippen LogP) is 2.81. The number of aromatic nitrogens is 3. The van der Waals surface area contributed by atoms with Gasteiger partial charge in [0.2, 0.25) is 0 Å². The molecule has 0 saturated heterocycles. The van der Waals surface area contributed by atoms with Crippen LogP contribution in [0.5, 0.6) is 0 Å². The van der Waals surface area contributed by atoms with Crippen LogP contribution in [0.1, 0.15) is 17.2 Å². The Balaban J connectivity index is 1.98. The zero-order valence-corrected chi connectivity index (χ0v) is 9.61. The molecule has 0 aliphatic heterocycles. The van der Waals surface area contributed by atoms with Gasteiger partial charge in [-0.3, -0.25) is 0 Å². The van der Waals surface area contributed by atoms with Crippen molar-refractivity contribution in [1.29, 1.82) is 0 Å². The first kappa shape index (κ1) is 11.9. The van der Waals surface area contributed by atoms with Crippen molar-refractivity contribution in [2.45, 2.75) is 19.6 Å². The summed E-state index contributed by atoms with van der Waals surface area (Å²) in [6.45, 7) is 2.17. The first-order valence-electron chi connectivity index (χ1n) is 4.72. The van der Waals surface area contributed by atoms with Gasteiger partial charge in [-0.25, -0.2) is 9.97 Å². The van der Waals surface area contributed by atoms with Crippen molar-refractivity contribution in [2.75, 3.05) is 5.32 Å². The fourth-order valence-corrected chi connectivity index (χ4v) is 1.92. The highest BCUT2D eigenvalue weighted by atomic mass is 32.1. The zero-order chi connectivity index (χ0) is 12.5. The number of nitrogens with zero attached hydrogens (tertiary/aromatic N) is 2. The lowest BCUT2D eigenvalue weighted by Gasteiger charge is -2.01. The summed E-state index contributed by atoms with van der Waals surface area (Å²) in [6.07, 6.45) is -2.74. The topological polar surface area (TPSA) is 53.6 Å². The number of H-pyrrole nitrogens is 1. The number of halogens is 3. The molecule has 2 aromatic rings. The van der Waals surface area contributed by atoms with Crippen LogP contribution in [0.15, 0.2) is 11.6 Å². The van der Waals surface area contributed by atoms with Crippen LogP contribution in [0, 0.1) is 6.92 Å². The smallest absolute Gasteiger partial charge is 0.354 e. The average Bonchev–Trinajstić information content (AvgIpc) is 2.82. The van der Waals surface area contributed by atoms with Gasteiger partial charge in [0.15, 0.2) is 10.8 Å². The van der Waals surface area contributed by atoms with Crippen molar-refractivity contribution >= 4 is 16.5 Å². The molecule has 0 aromatic carbocycles. The average molecular weight is 262 g/mol. The van der Waals surface area contributed by atoms with E-state index >= 15 is 0 Å². The van der Waals surface area contributed by atoms with E-state index in [1.807, 2.05) is 6.92 Å². The highest BCUT2D eigenvalue weighted by Crippen LogP contribution is 2.31. The SMILES string of the molecule is Cc1cnc(CNc2nc(C(F)(F)F)cs2)[nH]1. The summed E-state index contributed by atoms with van der Waals surface area (Å²) in [5, 5.41) is 3.99. The molecule has 2 heterocycles. The molecule has 0 atom stereocenters. The summed E-state index contributed by atoms with van der Waals surface area (Å²) in [7, 11) is 0. The van der Waals surface area contributed by atoms with Gasteiger partial charge in [-0.15, -0.1) is 11.3 Å². The van der Waals surface area contributed by atoms with E-state index in [0.717, 1.165) is 22.4 Å². The number of thiazole rings is 1. The van der Waals surface area contributed by atoms with Crippen LogP contribution in [0.4, 0.5) is 18.3 Å². The highest BCUT2D eigenvalue weighted by Gasteiger charge is 2.33. The molecule has 0 amide bonds. The number of aryl methyl sites for hydroxylation is 1. The molecular weight excluding hydrogens is 253 g/mol. The van der Waals surface area contributed by atoms with Crippen molar-refractivity contribution in [1.82, 2.24) is 15.0 Å². The van der Waals surface area contributed by atoms with Gasteiger partial charge >= 0.3 is 6.18 Å². The van der Waals surface area contributed by atoms with Crippen LogP contribution < -0.4 is 5.32 Å². The lowest BCUT2D eigenvalue weighted by Crippen LogP contribution is -2.06. The Morgan fingerprint density at radius 3 is 2.76 bits per heavy atom. The van der Waals surface area contributed by atoms with E-state index in [9.17, 15) is 13.2 Å². The second-order valence-electron chi connectivity index (χ2n) is 3.40. The van der Waals surface area contributed by atoms with Gasteiger partial charge in [-0.2, -0.15) is 13.2 Å². The molecule has 17 heavy (non-hydrogen) atoms. The zero-order valence-electron chi connectivity index (χ0n) is 8.80. The van der Waals surface area contributed by atoms with E-state index < -0.39 is 11.9 Å². The molecule has 0 radical (unpaired) electrons. The summed E-state index contributed by atoms with van der Waals surface area (Å²) >= 11 is 0.919. The predicted molar refractivity (Wildman–Crippen MR) is 57.8 cm³/mol. The second kappa shape index (κ2) is 4.36. The first-order chi connectivity index (χ1) is 7.95. The largest absolute Gasteiger partial charge is 0.434 e. The van der Waals surface area contributed by atoms with Crippen molar-refractivity contribution < 1.29 is 13.2 Å². The van der Waals surface area contributed by atoms with Crippen LogP contribution in [0.2, 0.25) is 0 Å². The standard InChI is InChI=1S/C9H9F3N4S/c1-5-2-13-7(15-5)3-14-8-16-6(4-17-8)9(10,11)12/h2,4H,3H2,1H3,(H,13,15)(H,14,16). The fraction of sp³-hybridized carbons (Fsp3) is 0.333. The Morgan fingerprint density at radius 2 is 2.24 bits per heavy atom.